The van der Waals surface area contributed by atoms with E-state index in [-0.39, 0.29) is 18.0 Å². The monoisotopic (exact) mass is 392 g/mol. The summed E-state index contributed by atoms with van der Waals surface area (Å²) in [5, 5.41) is 0. The number of aromatic nitrogens is 3. The fourth-order valence-corrected chi connectivity index (χ4v) is 5.13. The number of hydrogen-bond acceptors (Lipinski definition) is 6. The zero-order valence-electron chi connectivity index (χ0n) is 17.2. The molecule has 2 aromatic heterocycles. The maximum Gasteiger partial charge on any atom is 0.257 e. The molecule has 0 radical (unpaired) electrons. The lowest BCUT2D eigenvalue weighted by Crippen LogP contribution is -2.56. The number of likely N-dealkylation sites (tertiary alicyclic amines) is 1. The highest BCUT2D eigenvalue weighted by Gasteiger charge is 2.43. The number of carbonyl (C=O) groups is 1. The van der Waals surface area contributed by atoms with Crippen LogP contribution in [-0.4, -0.2) is 64.0 Å². The second kappa shape index (κ2) is 7.28. The van der Waals surface area contributed by atoms with Gasteiger partial charge < -0.3 is 14.7 Å². The van der Waals surface area contributed by atoms with Gasteiger partial charge in [0.1, 0.15) is 5.82 Å². The largest absolute Gasteiger partial charge is 0.356 e. The van der Waals surface area contributed by atoms with Crippen molar-refractivity contribution in [2.24, 2.45) is 0 Å². The molecule has 7 heteroatoms. The number of piperazine rings is 1. The van der Waals surface area contributed by atoms with Crippen molar-refractivity contribution >= 4 is 17.7 Å². The summed E-state index contributed by atoms with van der Waals surface area (Å²) < 4.78 is 0. The smallest absolute Gasteiger partial charge is 0.257 e. The Hall–Kier alpha value is -2.70. The van der Waals surface area contributed by atoms with Crippen LogP contribution in [0.4, 0.5) is 11.8 Å². The summed E-state index contributed by atoms with van der Waals surface area (Å²) in [4.78, 5) is 34.0. The molecule has 0 aliphatic carbocycles. The van der Waals surface area contributed by atoms with Crippen LogP contribution in [0, 0.1) is 13.8 Å². The van der Waals surface area contributed by atoms with Gasteiger partial charge in [-0.2, -0.15) is 0 Å². The molecule has 3 aliphatic rings. The lowest BCUT2D eigenvalue weighted by molar-refractivity contribution is 0.0717. The second-order valence-corrected chi connectivity index (χ2v) is 8.52. The van der Waals surface area contributed by atoms with E-state index < -0.39 is 0 Å². The minimum absolute atomic E-state index is 0.109. The fraction of sp³-hybridized carbons (Fsp3) is 0.545. The minimum Gasteiger partial charge on any atom is -0.356 e. The normalized spacial score (nSPS) is 23.7. The third kappa shape index (κ3) is 3.32. The standard InChI is InChI=1S/C22H28N6O/c1-15-12-16(2)25-22(24-15)28-17-7-8-18(28)14-27(13-17)21(29)19-6-5-9-23-20(19)26-10-3-4-11-26/h5-6,9,12,17-18H,3-4,7-8,10-11,13-14H2,1-2H3. The molecule has 2 bridgehead atoms. The molecule has 5 heterocycles. The molecule has 29 heavy (non-hydrogen) atoms. The lowest BCUT2D eigenvalue weighted by Gasteiger charge is -2.41. The zero-order chi connectivity index (χ0) is 20.0. The van der Waals surface area contributed by atoms with Crippen LogP contribution in [0.15, 0.2) is 24.4 Å². The quantitative estimate of drug-likeness (QED) is 0.800. The van der Waals surface area contributed by atoms with Crippen LogP contribution in [-0.2, 0) is 0 Å². The Balaban J connectivity index is 1.38. The third-order valence-corrected chi connectivity index (χ3v) is 6.39. The predicted molar refractivity (Wildman–Crippen MR) is 112 cm³/mol. The molecule has 3 aliphatic heterocycles. The lowest BCUT2D eigenvalue weighted by atomic mass is 10.1. The molecule has 2 atom stereocenters. The van der Waals surface area contributed by atoms with Crippen LogP contribution in [0.25, 0.3) is 0 Å². The Morgan fingerprint density at radius 2 is 1.69 bits per heavy atom. The van der Waals surface area contributed by atoms with E-state index in [1.165, 1.54) is 12.8 Å². The molecule has 2 aromatic rings. The van der Waals surface area contributed by atoms with Crippen LogP contribution >= 0.6 is 0 Å². The molecule has 5 rings (SSSR count). The number of nitrogens with zero attached hydrogens (tertiary/aromatic N) is 6. The van der Waals surface area contributed by atoms with Crippen LogP contribution in [0.5, 0.6) is 0 Å². The topological polar surface area (TPSA) is 65.5 Å². The van der Waals surface area contributed by atoms with Crippen molar-refractivity contribution in [2.75, 3.05) is 36.0 Å². The fourth-order valence-electron chi connectivity index (χ4n) is 5.13. The van der Waals surface area contributed by atoms with Crippen molar-refractivity contribution in [2.45, 2.75) is 51.6 Å². The first-order valence-electron chi connectivity index (χ1n) is 10.7. The van der Waals surface area contributed by atoms with Gasteiger partial charge in [0, 0.05) is 55.8 Å². The third-order valence-electron chi connectivity index (χ3n) is 6.39. The van der Waals surface area contributed by atoms with Gasteiger partial charge in [-0.3, -0.25) is 4.79 Å². The van der Waals surface area contributed by atoms with E-state index in [0.29, 0.717) is 0 Å². The number of aryl methyl sites for hydroxylation is 2. The molecule has 0 aromatic carbocycles. The number of hydrogen-bond donors (Lipinski definition) is 0. The van der Waals surface area contributed by atoms with Crippen molar-refractivity contribution in [1.82, 2.24) is 19.9 Å². The predicted octanol–water partition coefficient (Wildman–Crippen LogP) is 2.58. The summed E-state index contributed by atoms with van der Waals surface area (Å²) >= 11 is 0. The average Bonchev–Trinajstić information content (AvgIpc) is 3.33. The number of anilines is 2. The Bertz CT molecular complexity index is 891. The SMILES string of the molecule is Cc1cc(C)nc(N2C3CCC2CN(C(=O)c2cccnc2N2CCCC2)C3)n1. The summed E-state index contributed by atoms with van der Waals surface area (Å²) in [5.41, 5.74) is 2.73. The number of pyridine rings is 1. The van der Waals surface area contributed by atoms with Crippen molar-refractivity contribution in [3.8, 4) is 0 Å². The van der Waals surface area contributed by atoms with Gasteiger partial charge in [0.15, 0.2) is 0 Å². The molecular formula is C22H28N6O. The summed E-state index contributed by atoms with van der Waals surface area (Å²) in [5.74, 6) is 1.78. The number of amides is 1. The molecule has 7 nitrogen and oxygen atoms in total. The average molecular weight is 393 g/mol. The van der Waals surface area contributed by atoms with Gasteiger partial charge in [-0.25, -0.2) is 15.0 Å². The maximum atomic E-state index is 13.5. The van der Waals surface area contributed by atoms with E-state index in [1.807, 2.05) is 36.9 Å². The van der Waals surface area contributed by atoms with Crippen LogP contribution in [0.3, 0.4) is 0 Å². The summed E-state index contributed by atoms with van der Waals surface area (Å²) in [7, 11) is 0. The molecule has 3 fully saturated rings. The Kier molecular flexibility index (Phi) is 4.60. The van der Waals surface area contributed by atoms with E-state index >= 15 is 0 Å². The van der Waals surface area contributed by atoms with Gasteiger partial charge in [-0.1, -0.05) is 0 Å². The maximum absolute atomic E-state index is 13.5. The summed E-state index contributed by atoms with van der Waals surface area (Å²) in [6.07, 6.45) is 6.29. The number of fused-ring (bicyclic) bond motifs is 2. The molecule has 3 saturated heterocycles. The van der Waals surface area contributed by atoms with Crippen molar-refractivity contribution < 1.29 is 4.79 Å². The highest BCUT2D eigenvalue weighted by molar-refractivity contribution is 5.99. The first kappa shape index (κ1) is 18.3. The van der Waals surface area contributed by atoms with E-state index in [0.717, 1.165) is 67.7 Å². The van der Waals surface area contributed by atoms with E-state index in [2.05, 4.69) is 24.8 Å². The number of rotatable bonds is 3. The first-order chi connectivity index (χ1) is 14.1. The van der Waals surface area contributed by atoms with Crippen molar-refractivity contribution in [3.63, 3.8) is 0 Å². The van der Waals surface area contributed by atoms with Gasteiger partial charge in [0.2, 0.25) is 5.95 Å². The Morgan fingerprint density at radius 1 is 1.03 bits per heavy atom. The number of carbonyl (C=O) groups excluding carboxylic acids is 1. The van der Waals surface area contributed by atoms with E-state index in [4.69, 9.17) is 0 Å². The molecule has 2 unspecified atom stereocenters. The van der Waals surface area contributed by atoms with Gasteiger partial charge >= 0.3 is 0 Å². The zero-order valence-corrected chi connectivity index (χ0v) is 17.2. The van der Waals surface area contributed by atoms with Crippen molar-refractivity contribution in [3.05, 3.63) is 41.3 Å². The van der Waals surface area contributed by atoms with Crippen LogP contribution in [0.1, 0.15) is 47.4 Å². The first-order valence-corrected chi connectivity index (χ1v) is 10.7. The van der Waals surface area contributed by atoms with Crippen LogP contribution < -0.4 is 9.80 Å². The highest BCUT2D eigenvalue weighted by Crippen LogP contribution is 2.34. The highest BCUT2D eigenvalue weighted by atomic mass is 16.2. The summed E-state index contributed by atoms with van der Waals surface area (Å²) in [6.45, 7) is 7.45. The van der Waals surface area contributed by atoms with Crippen LogP contribution in [0.2, 0.25) is 0 Å². The molecule has 152 valence electrons. The molecule has 0 spiro atoms. The van der Waals surface area contributed by atoms with Crippen molar-refractivity contribution in [1.29, 1.82) is 0 Å². The summed E-state index contributed by atoms with van der Waals surface area (Å²) in [6, 6.07) is 6.38. The molecular weight excluding hydrogens is 364 g/mol. The second-order valence-electron chi connectivity index (χ2n) is 8.52. The Morgan fingerprint density at radius 3 is 2.34 bits per heavy atom. The molecule has 0 saturated carbocycles. The van der Waals surface area contributed by atoms with E-state index in [9.17, 15) is 4.79 Å². The molecule has 1 amide bonds. The van der Waals surface area contributed by atoms with Gasteiger partial charge in [0.05, 0.1) is 5.56 Å². The van der Waals surface area contributed by atoms with Gasteiger partial charge in [-0.05, 0) is 57.7 Å². The Labute approximate surface area is 171 Å². The minimum atomic E-state index is 0.109. The van der Waals surface area contributed by atoms with Gasteiger partial charge in [0.25, 0.3) is 5.91 Å². The molecule has 0 N–H and O–H groups in total. The van der Waals surface area contributed by atoms with Gasteiger partial charge in [-0.15, -0.1) is 0 Å². The van der Waals surface area contributed by atoms with E-state index in [1.54, 1.807) is 6.20 Å².